The van der Waals surface area contributed by atoms with E-state index in [1.165, 1.54) is 38.0 Å². The van der Waals surface area contributed by atoms with Crippen LogP contribution in [-0.4, -0.2) is 23.6 Å². The van der Waals surface area contributed by atoms with Crippen molar-refractivity contribution in [2.75, 3.05) is 12.3 Å². The van der Waals surface area contributed by atoms with E-state index in [4.69, 9.17) is 0 Å². The van der Waals surface area contributed by atoms with E-state index in [0.717, 1.165) is 11.3 Å². The van der Waals surface area contributed by atoms with Crippen LogP contribution in [0, 0.1) is 0 Å². The molecular weight excluding hydrogens is 142 g/mol. The van der Waals surface area contributed by atoms with Crippen molar-refractivity contribution in [1.29, 1.82) is 0 Å². The van der Waals surface area contributed by atoms with Crippen LogP contribution in [0.2, 0.25) is 0 Å². The molecule has 1 aliphatic heterocycles. The molecule has 0 amide bonds. The fourth-order valence-corrected chi connectivity index (χ4v) is 2.60. The van der Waals surface area contributed by atoms with Crippen LogP contribution in [0.4, 0.5) is 0 Å². The van der Waals surface area contributed by atoms with Crippen molar-refractivity contribution in [2.45, 2.75) is 37.0 Å². The molecule has 0 spiro atoms. The minimum absolute atomic E-state index is 0.904. The number of hydrogen-bond donors (Lipinski definition) is 1. The summed E-state index contributed by atoms with van der Waals surface area (Å²) >= 11 is 2.15. The van der Waals surface area contributed by atoms with Crippen molar-refractivity contribution in [1.82, 2.24) is 5.32 Å². The van der Waals surface area contributed by atoms with Gasteiger partial charge in [-0.05, 0) is 31.4 Å². The SMILES string of the molecule is C1CSC(CNC2CC2)C1. The summed E-state index contributed by atoms with van der Waals surface area (Å²) in [6, 6.07) is 0.904. The lowest BCUT2D eigenvalue weighted by molar-refractivity contribution is 0.642. The van der Waals surface area contributed by atoms with E-state index in [-0.39, 0.29) is 0 Å². The fraction of sp³-hybridized carbons (Fsp3) is 1.00. The number of rotatable bonds is 3. The van der Waals surface area contributed by atoms with E-state index < -0.39 is 0 Å². The molecule has 1 saturated carbocycles. The zero-order valence-electron chi connectivity index (χ0n) is 6.31. The van der Waals surface area contributed by atoms with Crippen molar-refractivity contribution >= 4 is 11.8 Å². The summed E-state index contributed by atoms with van der Waals surface area (Å²) in [5, 5.41) is 4.52. The third-order valence-electron chi connectivity index (χ3n) is 2.24. The predicted octanol–water partition coefficient (Wildman–Crippen LogP) is 1.63. The Morgan fingerprint density at radius 3 is 2.80 bits per heavy atom. The highest BCUT2D eigenvalue weighted by Gasteiger charge is 2.23. The van der Waals surface area contributed by atoms with E-state index in [1.807, 2.05) is 0 Å². The first-order valence-electron chi connectivity index (χ1n) is 4.30. The Hall–Kier alpha value is 0.310. The molecule has 1 aliphatic carbocycles. The molecule has 1 nitrogen and oxygen atoms in total. The summed E-state index contributed by atoms with van der Waals surface area (Å²) in [6.45, 7) is 1.27. The second-order valence-corrected chi connectivity index (χ2v) is 4.73. The molecule has 2 heteroatoms. The lowest BCUT2D eigenvalue weighted by Crippen LogP contribution is -2.24. The Bertz CT molecular complexity index is 106. The molecule has 0 radical (unpaired) electrons. The summed E-state index contributed by atoms with van der Waals surface area (Å²) in [7, 11) is 0. The highest BCUT2D eigenvalue weighted by molar-refractivity contribution is 8.00. The van der Waals surface area contributed by atoms with Gasteiger partial charge in [-0.25, -0.2) is 0 Å². The van der Waals surface area contributed by atoms with E-state index in [1.54, 1.807) is 0 Å². The van der Waals surface area contributed by atoms with Gasteiger partial charge < -0.3 is 5.32 Å². The van der Waals surface area contributed by atoms with Gasteiger partial charge >= 0.3 is 0 Å². The van der Waals surface area contributed by atoms with E-state index in [0.29, 0.717) is 0 Å². The Morgan fingerprint density at radius 2 is 2.20 bits per heavy atom. The van der Waals surface area contributed by atoms with Gasteiger partial charge in [-0.3, -0.25) is 0 Å². The largest absolute Gasteiger partial charge is 0.313 e. The van der Waals surface area contributed by atoms with Crippen molar-refractivity contribution < 1.29 is 0 Å². The van der Waals surface area contributed by atoms with Crippen molar-refractivity contribution in [3.05, 3.63) is 0 Å². The van der Waals surface area contributed by atoms with E-state index >= 15 is 0 Å². The maximum atomic E-state index is 3.58. The third-order valence-corrected chi connectivity index (χ3v) is 3.63. The first-order valence-corrected chi connectivity index (χ1v) is 5.35. The highest BCUT2D eigenvalue weighted by atomic mass is 32.2. The molecule has 0 aromatic carbocycles. The van der Waals surface area contributed by atoms with Gasteiger partial charge in [-0.15, -0.1) is 0 Å². The van der Waals surface area contributed by atoms with Gasteiger partial charge in [0.1, 0.15) is 0 Å². The molecule has 1 heterocycles. The van der Waals surface area contributed by atoms with Crippen LogP contribution in [0.25, 0.3) is 0 Å². The van der Waals surface area contributed by atoms with Crippen LogP contribution in [0.1, 0.15) is 25.7 Å². The number of hydrogen-bond acceptors (Lipinski definition) is 2. The summed E-state index contributed by atoms with van der Waals surface area (Å²) in [6.07, 6.45) is 5.75. The van der Waals surface area contributed by atoms with Gasteiger partial charge in [0.2, 0.25) is 0 Å². The zero-order valence-corrected chi connectivity index (χ0v) is 7.12. The quantitative estimate of drug-likeness (QED) is 0.668. The van der Waals surface area contributed by atoms with Gasteiger partial charge in [-0.2, -0.15) is 11.8 Å². The smallest absolute Gasteiger partial charge is 0.0172 e. The van der Waals surface area contributed by atoms with Crippen LogP contribution in [-0.2, 0) is 0 Å². The molecule has 0 aromatic rings. The lowest BCUT2D eigenvalue weighted by Gasteiger charge is -2.07. The Labute approximate surface area is 67.0 Å². The summed E-state index contributed by atoms with van der Waals surface area (Å²) in [5.74, 6) is 1.40. The average Bonchev–Trinajstić information content (AvgIpc) is 2.63. The fourth-order valence-electron chi connectivity index (χ4n) is 1.39. The average molecular weight is 157 g/mol. The molecule has 1 N–H and O–H groups in total. The Morgan fingerprint density at radius 1 is 1.30 bits per heavy atom. The van der Waals surface area contributed by atoms with Gasteiger partial charge in [0, 0.05) is 17.8 Å². The first-order chi connectivity index (χ1) is 4.95. The molecule has 2 fully saturated rings. The maximum absolute atomic E-state index is 3.58. The molecule has 0 bridgehead atoms. The molecule has 10 heavy (non-hydrogen) atoms. The summed E-state index contributed by atoms with van der Waals surface area (Å²) in [5.41, 5.74) is 0. The molecule has 2 rings (SSSR count). The standard InChI is InChI=1S/C8H15NS/c1-2-8(10-5-1)6-9-7-3-4-7/h7-9H,1-6H2. The topological polar surface area (TPSA) is 12.0 Å². The number of thioether (sulfide) groups is 1. The molecule has 0 aromatic heterocycles. The number of nitrogens with one attached hydrogen (secondary N) is 1. The molecular formula is C8H15NS. The summed E-state index contributed by atoms with van der Waals surface area (Å²) < 4.78 is 0. The van der Waals surface area contributed by atoms with Crippen LogP contribution >= 0.6 is 11.8 Å². The lowest BCUT2D eigenvalue weighted by atomic mass is 10.2. The van der Waals surface area contributed by atoms with Crippen LogP contribution in [0.3, 0.4) is 0 Å². The van der Waals surface area contributed by atoms with Gasteiger partial charge in [0.05, 0.1) is 0 Å². The first kappa shape index (κ1) is 6.99. The van der Waals surface area contributed by atoms with Crippen LogP contribution in [0.5, 0.6) is 0 Å². The van der Waals surface area contributed by atoms with Gasteiger partial charge in [0.15, 0.2) is 0 Å². The minimum atomic E-state index is 0.904. The van der Waals surface area contributed by atoms with Crippen molar-refractivity contribution in [2.24, 2.45) is 0 Å². The molecule has 1 atom stereocenters. The molecule has 1 unspecified atom stereocenters. The monoisotopic (exact) mass is 157 g/mol. The third kappa shape index (κ3) is 1.89. The highest BCUT2D eigenvalue weighted by Crippen LogP contribution is 2.26. The molecule has 2 aliphatic rings. The minimum Gasteiger partial charge on any atom is -0.313 e. The zero-order chi connectivity index (χ0) is 6.81. The van der Waals surface area contributed by atoms with Crippen molar-refractivity contribution in [3.63, 3.8) is 0 Å². The second kappa shape index (κ2) is 3.14. The van der Waals surface area contributed by atoms with Crippen LogP contribution < -0.4 is 5.32 Å². The molecule has 1 saturated heterocycles. The second-order valence-electron chi connectivity index (χ2n) is 3.32. The Kier molecular flexibility index (Phi) is 2.19. The molecule has 58 valence electrons. The van der Waals surface area contributed by atoms with Crippen LogP contribution in [0.15, 0.2) is 0 Å². The maximum Gasteiger partial charge on any atom is 0.0172 e. The normalized spacial score (nSPS) is 33.0. The summed E-state index contributed by atoms with van der Waals surface area (Å²) in [4.78, 5) is 0. The Balaban J connectivity index is 1.59. The van der Waals surface area contributed by atoms with Crippen molar-refractivity contribution in [3.8, 4) is 0 Å². The van der Waals surface area contributed by atoms with E-state index in [9.17, 15) is 0 Å². The predicted molar refractivity (Wildman–Crippen MR) is 46.5 cm³/mol. The van der Waals surface area contributed by atoms with E-state index in [2.05, 4.69) is 17.1 Å². The van der Waals surface area contributed by atoms with Gasteiger partial charge in [0.25, 0.3) is 0 Å². The van der Waals surface area contributed by atoms with Gasteiger partial charge in [-0.1, -0.05) is 0 Å².